The van der Waals surface area contributed by atoms with Gasteiger partial charge in [-0.15, -0.1) is 8.79 Å². The van der Waals surface area contributed by atoms with Gasteiger partial charge in [-0.05, 0) is 81.6 Å². The molecule has 4 aromatic heterocycles. The molecule has 0 N–H and O–H groups in total. The molecule has 11 rings (SSSR count). The molecule has 0 saturated heterocycles. The summed E-state index contributed by atoms with van der Waals surface area (Å²) in [5.41, 5.74) is 5.94. The van der Waals surface area contributed by atoms with E-state index < -0.39 is 7.74 Å². The highest BCUT2D eigenvalue weighted by molar-refractivity contribution is 7.79. The van der Waals surface area contributed by atoms with Crippen molar-refractivity contribution in [3.8, 4) is 11.5 Å². The highest BCUT2D eigenvalue weighted by Crippen LogP contribution is 2.44. The minimum atomic E-state index is -2.75. The summed E-state index contributed by atoms with van der Waals surface area (Å²) in [6, 6.07) is 50.9. The Bertz CT molecular complexity index is 3040. The lowest BCUT2D eigenvalue weighted by Crippen LogP contribution is -2.66. The molecular formula is C44H29N4O2PSi. The Kier molecular flexibility index (Phi) is 6.29. The lowest BCUT2D eigenvalue weighted by molar-refractivity contribution is 0.484. The summed E-state index contributed by atoms with van der Waals surface area (Å²) < 4.78 is 15.4. The number of rotatable bonds is 4. The highest BCUT2D eigenvalue weighted by atomic mass is 31.3. The van der Waals surface area contributed by atoms with Crippen LogP contribution >= 0.6 is 8.79 Å². The van der Waals surface area contributed by atoms with Crippen molar-refractivity contribution >= 4 is 98.5 Å². The van der Waals surface area contributed by atoms with Gasteiger partial charge in [-0.2, -0.15) is 0 Å². The Morgan fingerprint density at radius 2 is 1.38 bits per heavy atom. The maximum atomic E-state index is 6.76. The van der Waals surface area contributed by atoms with Crippen LogP contribution in [0.15, 0.2) is 169 Å². The largest absolute Gasteiger partial charge is 0.457 e. The van der Waals surface area contributed by atoms with Gasteiger partial charge in [-0.3, -0.25) is 9.30 Å². The van der Waals surface area contributed by atoms with Crippen LogP contribution in [0.25, 0.3) is 49.3 Å². The molecule has 2 unspecified atom stereocenters. The number of pyridine rings is 2. The first kappa shape index (κ1) is 29.5. The fraction of sp³-hybridized carbons (Fsp3) is 0. The van der Waals surface area contributed by atoms with Gasteiger partial charge in [0.2, 0.25) is 0 Å². The number of ether oxygens (including phenoxy) is 1. The molecule has 5 heterocycles. The molecule has 52 heavy (non-hydrogen) atoms. The zero-order valence-electron chi connectivity index (χ0n) is 27.8. The Morgan fingerprint density at radius 3 is 2.27 bits per heavy atom. The monoisotopic (exact) mass is 704 g/mol. The zero-order chi connectivity index (χ0) is 34.4. The molecule has 6 nitrogen and oxygen atoms in total. The summed E-state index contributed by atoms with van der Waals surface area (Å²) in [6.45, 7) is 0. The summed E-state index contributed by atoms with van der Waals surface area (Å²) >= 11 is 0. The number of benzene rings is 6. The van der Waals surface area contributed by atoms with E-state index in [1.165, 1.54) is 20.9 Å². The normalized spacial score (nSPS) is 15.4. The Balaban J connectivity index is 1.14. The number of anilines is 3. The average molecular weight is 705 g/mol. The molecule has 6 aromatic carbocycles. The lowest BCUT2D eigenvalue weighted by atomic mass is 10.1. The van der Waals surface area contributed by atoms with Crippen LogP contribution in [0.2, 0.25) is 0 Å². The molecule has 8 heteroatoms. The van der Waals surface area contributed by atoms with Crippen LogP contribution in [-0.2, 0) is 0 Å². The fourth-order valence-electron chi connectivity index (χ4n) is 8.23. The molecule has 1 aliphatic rings. The van der Waals surface area contributed by atoms with E-state index in [0.29, 0.717) is 0 Å². The summed E-state index contributed by atoms with van der Waals surface area (Å²) in [5.74, 6) is 2.33. The maximum absolute atomic E-state index is 6.76. The number of furan rings is 1. The number of para-hydroxylation sites is 2. The van der Waals surface area contributed by atoms with E-state index in [9.17, 15) is 0 Å². The van der Waals surface area contributed by atoms with Crippen LogP contribution in [0.4, 0.5) is 17.2 Å². The van der Waals surface area contributed by atoms with Gasteiger partial charge in [0.15, 0.2) is 7.74 Å². The van der Waals surface area contributed by atoms with Crippen LogP contribution in [0.5, 0.6) is 11.5 Å². The number of hydrogen-bond donors (Lipinski definition) is 0. The van der Waals surface area contributed by atoms with Gasteiger partial charge in [0.1, 0.15) is 34.1 Å². The Morgan fingerprint density at radius 1 is 0.596 bits per heavy atom. The first-order valence-electron chi connectivity index (χ1n) is 17.3. The quantitative estimate of drug-likeness (QED) is 0.104. The number of nitrogens with zero attached hydrogens (tertiary/aromatic N) is 4. The van der Waals surface area contributed by atoms with E-state index in [4.69, 9.17) is 19.1 Å². The number of fused-ring (bicyclic) bond motifs is 12. The lowest BCUT2D eigenvalue weighted by Gasteiger charge is -2.42. The van der Waals surface area contributed by atoms with Crippen LogP contribution < -0.4 is 25.2 Å². The molecular weight excluding hydrogens is 676 g/mol. The molecule has 1 aliphatic heterocycles. The van der Waals surface area contributed by atoms with Gasteiger partial charge in [0.25, 0.3) is 0 Å². The molecule has 0 radical (unpaired) electrons. The Hall–Kier alpha value is -6.27. The van der Waals surface area contributed by atoms with Crippen molar-refractivity contribution in [2.24, 2.45) is 0 Å². The molecule has 0 saturated carbocycles. The topological polar surface area (TPSA) is 55.8 Å². The van der Waals surface area contributed by atoms with Crippen molar-refractivity contribution in [3.63, 3.8) is 0 Å². The van der Waals surface area contributed by atoms with E-state index in [0.717, 1.165) is 72.6 Å². The summed E-state index contributed by atoms with van der Waals surface area (Å²) in [5, 5.41) is 9.45. The summed E-state index contributed by atoms with van der Waals surface area (Å²) in [7, 11) is 0.643. The van der Waals surface area contributed by atoms with Crippen molar-refractivity contribution < 1.29 is 9.15 Å². The second kappa shape index (κ2) is 11.1. The van der Waals surface area contributed by atoms with Crippen molar-refractivity contribution in [2.75, 3.05) is 4.90 Å². The van der Waals surface area contributed by atoms with Crippen LogP contribution in [-0.4, -0.2) is 22.1 Å². The molecule has 2 atom stereocenters. The van der Waals surface area contributed by atoms with E-state index in [1.54, 1.807) is 0 Å². The SMILES string of the molecule is P[Si]1(c2ccccc2)c2ccc(Oc3ccc4c5ccccc5n5ccnc5c4c3)cc2N(c2ccccn2)c2ccc3oc4ccccc4c3c21. The molecule has 10 aromatic rings. The minimum Gasteiger partial charge on any atom is -0.457 e. The highest BCUT2D eigenvalue weighted by Gasteiger charge is 2.46. The number of aromatic nitrogens is 3. The van der Waals surface area contributed by atoms with Gasteiger partial charge in [0, 0.05) is 51.9 Å². The number of imidazole rings is 1. The average Bonchev–Trinajstić information content (AvgIpc) is 3.85. The van der Waals surface area contributed by atoms with Crippen molar-refractivity contribution in [3.05, 3.63) is 164 Å². The van der Waals surface area contributed by atoms with Crippen LogP contribution in [0.3, 0.4) is 0 Å². The third-order valence-corrected chi connectivity index (χ3v) is 17.1. The van der Waals surface area contributed by atoms with Gasteiger partial charge in [-0.1, -0.05) is 78.9 Å². The minimum absolute atomic E-state index is 0.742. The van der Waals surface area contributed by atoms with E-state index in [2.05, 4.69) is 145 Å². The second-order valence-corrected chi connectivity index (χ2v) is 19.1. The first-order valence-corrected chi connectivity index (χ1v) is 21.1. The summed E-state index contributed by atoms with van der Waals surface area (Å²) in [6.07, 6.45) is 5.73. The van der Waals surface area contributed by atoms with E-state index in [-0.39, 0.29) is 0 Å². The van der Waals surface area contributed by atoms with Crippen molar-refractivity contribution in [1.82, 2.24) is 14.4 Å². The predicted molar refractivity (Wildman–Crippen MR) is 217 cm³/mol. The second-order valence-electron chi connectivity index (χ2n) is 13.3. The molecule has 0 amide bonds. The van der Waals surface area contributed by atoms with Gasteiger partial charge >= 0.3 is 0 Å². The third kappa shape index (κ3) is 4.15. The molecule has 0 spiro atoms. The van der Waals surface area contributed by atoms with Crippen LogP contribution in [0, 0.1) is 0 Å². The van der Waals surface area contributed by atoms with Crippen molar-refractivity contribution in [1.29, 1.82) is 0 Å². The Labute approximate surface area is 301 Å². The van der Waals surface area contributed by atoms with Gasteiger partial charge < -0.3 is 9.15 Å². The van der Waals surface area contributed by atoms with E-state index >= 15 is 0 Å². The fourth-order valence-corrected chi connectivity index (χ4v) is 14.2. The van der Waals surface area contributed by atoms with Crippen LogP contribution in [0.1, 0.15) is 0 Å². The standard InChI is InChI=1S/C44H29N4O2PSi/c51-52(30-10-2-1-3-11-30)40-22-18-29(49-28-17-19-31-32-12-4-6-14-35(32)47-25-24-46-44(47)34(31)26-28)27-37(40)48(41-16-8-9-23-45-41)36-20-21-39-42(43(36)52)33-13-5-7-15-38(33)50-39/h1-27H,51H2. The smallest absolute Gasteiger partial charge is 0.174 e. The van der Waals surface area contributed by atoms with Gasteiger partial charge in [-0.25, -0.2) is 9.97 Å². The predicted octanol–water partition coefficient (Wildman–Crippen LogP) is 9.35. The zero-order valence-corrected chi connectivity index (χ0v) is 29.9. The van der Waals surface area contributed by atoms with Crippen molar-refractivity contribution in [2.45, 2.75) is 0 Å². The first-order chi connectivity index (χ1) is 25.7. The van der Waals surface area contributed by atoms with Gasteiger partial charge in [0.05, 0.1) is 11.2 Å². The maximum Gasteiger partial charge on any atom is 0.174 e. The third-order valence-electron chi connectivity index (χ3n) is 10.5. The summed E-state index contributed by atoms with van der Waals surface area (Å²) in [4.78, 5) is 11.9. The molecule has 0 fully saturated rings. The number of hydrogen-bond acceptors (Lipinski definition) is 5. The van der Waals surface area contributed by atoms with E-state index in [1.807, 2.05) is 36.8 Å². The molecule has 246 valence electrons. The molecule has 0 bridgehead atoms. The molecule has 0 aliphatic carbocycles.